The molecule has 2 aromatic heterocycles. The van der Waals surface area contributed by atoms with E-state index in [0.717, 1.165) is 16.9 Å². The number of benzene rings is 1. The lowest BCUT2D eigenvalue weighted by Crippen LogP contribution is -2.34. The fourth-order valence-corrected chi connectivity index (χ4v) is 2.64. The Labute approximate surface area is 141 Å². The highest BCUT2D eigenvalue weighted by Crippen LogP contribution is 2.28. The van der Waals surface area contributed by atoms with Gasteiger partial charge in [0.2, 0.25) is 0 Å². The summed E-state index contributed by atoms with van der Waals surface area (Å²) in [4.78, 5) is 19.2. The molecule has 3 rings (SSSR count). The van der Waals surface area contributed by atoms with Gasteiger partial charge in [0, 0.05) is 11.8 Å². The van der Waals surface area contributed by atoms with Crippen LogP contribution in [-0.4, -0.2) is 10.9 Å². The summed E-state index contributed by atoms with van der Waals surface area (Å²) in [7, 11) is 0. The molecule has 3 aromatic rings. The standard InChI is InChI=1S/C20H20N2O2/c1-14-9-10-17(13-15(14)2)20(23)22(19-8-4-5-11-21-19)16(3)18-7-6-12-24-18/h4-13,16H,1-3H3/t16-/m0/s1. The molecule has 1 atom stereocenters. The highest BCUT2D eigenvalue weighted by Gasteiger charge is 2.27. The monoisotopic (exact) mass is 320 g/mol. The Bertz CT molecular complexity index is 826. The molecule has 4 heteroatoms. The highest BCUT2D eigenvalue weighted by atomic mass is 16.3. The van der Waals surface area contributed by atoms with Gasteiger partial charge in [0.1, 0.15) is 11.6 Å². The van der Waals surface area contributed by atoms with Gasteiger partial charge < -0.3 is 4.42 Å². The average molecular weight is 320 g/mol. The summed E-state index contributed by atoms with van der Waals surface area (Å²) in [6, 6.07) is 14.7. The van der Waals surface area contributed by atoms with Crippen LogP contribution in [0.1, 0.15) is 40.2 Å². The molecule has 24 heavy (non-hydrogen) atoms. The van der Waals surface area contributed by atoms with Gasteiger partial charge in [0.05, 0.1) is 12.3 Å². The maximum absolute atomic E-state index is 13.2. The predicted octanol–water partition coefficient (Wildman–Crippen LogP) is 4.70. The molecule has 0 N–H and O–H groups in total. The number of carbonyl (C=O) groups excluding carboxylic acids is 1. The van der Waals surface area contributed by atoms with Crippen molar-refractivity contribution < 1.29 is 9.21 Å². The Morgan fingerprint density at radius 2 is 1.92 bits per heavy atom. The molecular weight excluding hydrogens is 300 g/mol. The van der Waals surface area contributed by atoms with Crippen molar-refractivity contribution in [3.63, 3.8) is 0 Å². The number of nitrogens with zero attached hydrogens (tertiary/aromatic N) is 2. The first-order valence-electron chi connectivity index (χ1n) is 7.93. The summed E-state index contributed by atoms with van der Waals surface area (Å²) < 4.78 is 5.50. The van der Waals surface area contributed by atoms with Gasteiger partial charge in [-0.25, -0.2) is 4.98 Å². The Kier molecular flexibility index (Phi) is 4.47. The van der Waals surface area contributed by atoms with Crippen LogP contribution in [0.4, 0.5) is 5.82 Å². The molecule has 1 aromatic carbocycles. The van der Waals surface area contributed by atoms with E-state index in [2.05, 4.69) is 4.98 Å². The van der Waals surface area contributed by atoms with Gasteiger partial charge in [-0.1, -0.05) is 12.1 Å². The number of hydrogen-bond donors (Lipinski definition) is 0. The number of carbonyl (C=O) groups is 1. The van der Waals surface area contributed by atoms with Crippen molar-refractivity contribution >= 4 is 11.7 Å². The highest BCUT2D eigenvalue weighted by molar-refractivity contribution is 6.06. The molecule has 0 bridgehead atoms. The van der Waals surface area contributed by atoms with Crippen molar-refractivity contribution in [1.29, 1.82) is 0 Å². The fraction of sp³-hybridized carbons (Fsp3) is 0.200. The van der Waals surface area contributed by atoms with Crippen LogP contribution in [0.2, 0.25) is 0 Å². The van der Waals surface area contributed by atoms with E-state index in [9.17, 15) is 4.79 Å². The summed E-state index contributed by atoms with van der Waals surface area (Å²) in [6.07, 6.45) is 3.30. The molecule has 0 aliphatic heterocycles. The third-order valence-corrected chi connectivity index (χ3v) is 4.21. The van der Waals surface area contributed by atoms with E-state index in [1.165, 1.54) is 0 Å². The topological polar surface area (TPSA) is 46.3 Å². The van der Waals surface area contributed by atoms with Crippen molar-refractivity contribution in [3.8, 4) is 0 Å². The first kappa shape index (κ1) is 16.0. The van der Waals surface area contributed by atoms with Gasteiger partial charge >= 0.3 is 0 Å². The van der Waals surface area contributed by atoms with Crippen molar-refractivity contribution in [2.24, 2.45) is 0 Å². The molecule has 0 spiro atoms. The molecule has 0 saturated heterocycles. The number of furan rings is 1. The van der Waals surface area contributed by atoms with Gasteiger partial charge in [-0.3, -0.25) is 9.69 Å². The molecular formula is C20H20N2O2. The van der Waals surface area contributed by atoms with Crippen LogP contribution in [0, 0.1) is 13.8 Å². The van der Waals surface area contributed by atoms with Crippen LogP contribution in [0.5, 0.6) is 0 Å². The molecule has 0 saturated carbocycles. The lowest BCUT2D eigenvalue weighted by molar-refractivity contribution is 0.0974. The van der Waals surface area contributed by atoms with Crippen molar-refractivity contribution in [1.82, 2.24) is 4.98 Å². The van der Waals surface area contributed by atoms with E-state index in [1.807, 2.05) is 69.3 Å². The molecule has 122 valence electrons. The van der Waals surface area contributed by atoms with E-state index in [-0.39, 0.29) is 11.9 Å². The second-order valence-corrected chi connectivity index (χ2v) is 5.85. The minimum Gasteiger partial charge on any atom is -0.467 e. The number of aromatic nitrogens is 1. The quantitative estimate of drug-likeness (QED) is 0.700. The number of aryl methyl sites for hydroxylation is 2. The molecule has 0 aliphatic rings. The summed E-state index contributed by atoms with van der Waals surface area (Å²) in [5, 5.41) is 0. The van der Waals surface area contributed by atoms with E-state index < -0.39 is 0 Å². The van der Waals surface area contributed by atoms with E-state index >= 15 is 0 Å². The number of rotatable bonds is 4. The lowest BCUT2D eigenvalue weighted by Gasteiger charge is -2.27. The number of amides is 1. The van der Waals surface area contributed by atoms with Crippen LogP contribution >= 0.6 is 0 Å². The Morgan fingerprint density at radius 1 is 1.08 bits per heavy atom. The summed E-state index contributed by atoms with van der Waals surface area (Å²) in [6.45, 7) is 5.98. The van der Waals surface area contributed by atoms with Gasteiger partial charge in [0.15, 0.2) is 0 Å². The van der Waals surface area contributed by atoms with Gasteiger partial charge in [0.25, 0.3) is 5.91 Å². The zero-order chi connectivity index (χ0) is 17.1. The summed E-state index contributed by atoms with van der Waals surface area (Å²) >= 11 is 0. The minimum absolute atomic E-state index is 0.0966. The second-order valence-electron chi connectivity index (χ2n) is 5.85. The molecule has 1 amide bonds. The molecule has 0 radical (unpaired) electrons. The lowest BCUT2D eigenvalue weighted by atomic mass is 10.0. The smallest absolute Gasteiger partial charge is 0.260 e. The molecule has 0 aliphatic carbocycles. The van der Waals surface area contributed by atoms with Gasteiger partial charge in [-0.05, 0) is 68.3 Å². The second kappa shape index (κ2) is 6.71. The van der Waals surface area contributed by atoms with Crippen molar-refractivity contribution in [2.45, 2.75) is 26.8 Å². The summed E-state index contributed by atoms with van der Waals surface area (Å²) in [5.74, 6) is 1.23. The zero-order valence-electron chi connectivity index (χ0n) is 14.1. The molecule has 0 fully saturated rings. The van der Waals surface area contributed by atoms with Crippen LogP contribution in [0.3, 0.4) is 0 Å². The first-order valence-corrected chi connectivity index (χ1v) is 7.93. The normalized spacial score (nSPS) is 12.0. The largest absolute Gasteiger partial charge is 0.467 e. The SMILES string of the molecule is Cc1ccc(C(=O)N(c2ccccn2)[C@@H](C)c2ccco2)cc1C. The third-order valence-electron chi connectivity index (χ3n) is 4.21. The number of hydrogen-bond acceptors (Lipinski definition) is 3. The van der Waals surface area contributed by atoms with Crippen molar-refractivity contribution in [2.75, 3.05) is 4.90 Å². The first-order chi connectivity index (χ1) is 11.6. The van der Waals surface area contributed by atoms with Crippen LogP contribution in [0.25, 0.3) is 0 Å². The Morgan fingerprint density at radius 3 is 2.54 bits per heavy atom. The number of pyridine rings is 1. The van der Waals surface area contributed by atoms with Crippen LogP contribution in [-0.2, 0) is 0 Å². The zero-order valence-corrected chi connectivity index (χ0v) is 14.1. The summed E-state index contributed by atoms with van der Waals surface area (Å²) in [5.41, 5.74) is 2.89. The number of anilines is 1. The van der Waals surface area contributed by atoms with Crippen LogP contribution in [0.15, 0.2) is 65.4 Å². The third kappa shape index (κ3) is 3.08. The fourth-order valence-electron chi connectivity index (χ4n) is 2.64. The average Bonchev–Trinajstić information content (AvgIpc) is 3.13. The van der Waals surface area contributed by atoms with E-state index in [1.54, 1.807) is 17.4 Å². The van der Waals surface area contributed by atoms with Gasteiger partial charge in [-0.15, -0.1) is 0 Å². The van der Waals surface area contributed by atoms with E-state index in [0.29, 0.717) is 11.4 Å². The Hall–Kier alpha value is -2.88. The maximum Gasteiger partial charge on any atom is 0.260 e. The minimum atomic E-state index is -0.260. The van der Waals surface area contributed by atoms with E-state index in [4.69, 9.17) is 4.42 Å². The molecule has 0 unspecified atom stereocenters. The molecule has 2 heterocycles. The maximum atomic E-state index is 13.2. The van der Waals surface area contributed by atoms with Crippen LogP contribution < -0.4 is 4.90 Å². The van der Waals surface area contributed by atoms with Gasteiger partial charge in [-0.2, -0.15) is 0 Å². The molecule has 4 nitrogen and oxygen atoms in total. The predicted molar refractivity (Wildman–Crippen MR) is 94.1 cm³/mol. The van der Waals surface area contributed by atoms with Crippen molar-refractivity contribution in [3.05, 3.63) is 83.4 Å². The Balaban J connectivity index is 2.04.